The van der Waals surface area contributed by atoms with Crippen LogP contribution in [-0.4, -0.2) is 25.4 Å². The second kappa shape index (κ2) is 6.26. The van der Waals surface area contributed by atoms with Gasteiger partial charge in [-0.3, -0.25) is 0 Å². The molecular formula is C17H17F3O3. The molecule has 1 saturated carbocycles. The maximum atomic E-state index is 12.1. The van der Waals surface area contributed by atoms with Gasteiger partial charge in [0.1, 0.15) is 5.75 Å². The molecule has 3 unspecified atom stereocenters. The van der Waals surface area contributed by atoms with Crippen LogP contribution in [-0.2, 0) is 4.74 Å². The Balaban J connectivity index is 1.48. The first-order valence-electron chi connectivity index (χ1n) is 7.56. The third-order valence-corrected chi connectivity index (χ3v) is 4.34. The second-order valence-electron chi connectivity index (χ2n) is 6.07. The van der Waals surface area contributed by atoms with Gasteiger partial charge < -0.3 is 9.47 Å². The summed E-state index contributed by atoms with van der Waals surface area (Å²) in [5, 5.41) is 0. The second-order valence-corrected chi connectivity index (χ2v) is 6.07. The van der Waals surface area contributed by atoms with E-state index in [9.17, 15) is 18.0 Å². The zero-order valence-corrected chi connectivity index (χ0v) is 12.4. The summed E-state index contributed by atoms with van der Waals surface area (Å²) < 4.78 is 46.1. The Kier molecular flexibility index (Phi) is 4.33. The number of hydrogen-bond acceptors (Lipinski definition) is 3. The molecule has 6 heteroatoms. The quantitative estimate of drug-likeness (QED) is 0.606. The van der Waals surface area contributed by atoms with Gasteiger partial charge in [0.05, 0.1) is 12.2 Å². The van der Waals surface area contributed by atoms with Gasteiger partial charge in [-0.15, -0.1) is 0 Å². The zero-order valence-electron chi connectivity index (χ0n) is 12.4. The number of benzene rings is 1. The van der Waals surface area contributed by atoms with E-state index in [0.717, 1.165) is 12.8 Å². The highest BCUT2D eigenvalue weighted by Crippen LogP contribution is 2.43. The van der Waals surface area contributed by atoms with Crippen LogP contribution in [0.15, 0.2) is 36.4 Å². The molecule has 0 aromatic heterocycles. The largest absolute Gasteiger partial charge is 0.484 e. The standard InChI is InChI=1S/C17H17F3O3/c18-17(19,20)10-23-15-5-3-12(4-6-15)16(21)22-9-14-8-11-1-2-13(14)7-11/h1-6,11,13-14H,7-10H2. The molecule has 0 N–H and O–H groups in total. The number of allylic oxidation sites excluding steroid dienone is 2. The van der Waals surface area contributed by atoms with E-state index in [1.807, 2.05) is 0 Å². The molecule has 0 saturated heterocycles. The van der Waals surface area contributed by atoms with Crippen LogP contribution in [0, 0.1) is 17.8 Å². The Morgan fingerprint density at radius 2 is 1.87 bits per heavy atom. The maximum absolute atomic E-state index is 12.1. The smallest absolute Gasteiger partial charge is 0.422 e. The number of alkyl halides is 3. The molecule has 3 rings (SSSR count). The number of ether oxygens (including phenoxy) is 2. The first-order chi connectivity index (χ1) is 10.9. The summed E-state index contributed by atoms with van der Waals surface area (Å²) in [6, 6.07) is 5.49. The van der Waals surface area contributed by atoms with Crippen molar-refractivity contribution in [2.75, 3.05) is 13.2 Å². The zero-order chi connectivity index (χ0) is 16.4. The first kappa shape index (κ1) is 15.9. The predicted molar refractivity (Wildman–Crippen MR) is 77.1 cm³/mol. The summed E-state index contributed by atoms with van der Waals surface area (Å²) in [6.07, 6.45) is 2.24. The van der Waals surface area contributed by atoms with E-state index < -0.39 is 18.8 Å². The van der Waals surface area contributed by atoms with Gasteiger partial charge in [0.25, 0.3) is 0 Å². The summed E-state index contributed by atoms with van der Waals surface area (Å²) in [6.45, 7) is -0.967. The minimum atomic E-state index is -4.38. The Hall–Kier alpha value is -1.98. The van der Waals surface area contributed by atoms with Gasteiger partial charge in [0, 0.05) is 0 Å². The molecule has 0 heterocycles. The van der Waals surface area contributed by atoms with Crippen LogP contribution in [0.1, 0.15) is 23.2 Å². The summed E-state index contributed by atoms with van der Waals surface area (Å²) >= 11 is 0. The number of carbonyl (C=O) groups excluding carboxylic acids is 1. The predicted octanol–water partition coefficient (Wildman–Crippen LogP) is 4.00. The highest BCUT2D eigenvalue weighted by Gasteiger charge is 2.36. The minimum absolute atomic E-state index is 0.0668. The Morgan fingerprint density at radius 1 is 1.13 bits per heavy atom. The van der Waals surface area contributed by atoms with E-state index in [1.165, 1.54) is 24.3 Å². The molecule has 1 fully saturated rings. The number of esters is 1. The third kappa shape index (κ3) is 4.06. The summed E-state index contributed by atoms with van der Waals surface area (Å²) in [4.78, 5) is 12.0. The fraction of sp³-hybridized carbons (Fsp3) is 0.471. The van der Waals surface area contributed by atoms with E-state index in [2.05, 4.69) is 16.9 Å². The molecule has 2 bridgehead atoms. The van der Waals surface area contributed by atoms with Gasteiger partial charge in [-0.1, -0.05) is 12.2 Å². The average molecular weight is 326 g/mol. The Labute approximate surface area is 132 Å². The van der Waals surface area contributed by atoms with Crippen LogP contribution in [0.2, 0.25) is 0 Å². The Morgan fingerprint density at radius 3 is 2.43 bits per heavy atom. The van der Waals surface area contributed by atoms with Crippen molar-refractivity contribution in [3.63, 3.8) is 0 Å². The van der Waals surface area contributed by atoms with Crippen LogP contribution in [0.4, 0.5) is 13.2 Å². The van der Waals surface area contributed by atoms with Crippen LogP contribution in [0.5, 0.6) is 5.75 Å². The fourth-order valence-corrected chi connectivity index (χ4v) is 3.20. The lowest BCUT2D eigenvalue weighted by molar-refractivity contribution is -0.153. The molecule has 0 radical (unpaired) electrons. The van der Waals surface area contributed by atoms with Gasteiger partial charge in [-0.05, 0) is 54.9 Å². The molecule has 3 atom stereocenters. The Bertz CT molecular complexity index is 592. The molecule has 1 aromatic rings. The van der Waals surface area contributed by atoms with Crippen LogP contribution >= 0.6 is 0 Å². The number of fused-ring (bicyclic) bond motifs is 2. The van der Waals surface area contributed by atoms with Gasteiger partial charge in [0.15, 0.2) is 6.61 Å². The molecular weight excluding hydrogens is 309 g/mol. The van der Waals surface area contributed by atoms with Crippen LogP contribution < -0.4 is 4.74 Å². The van der Waals surface area contributed by atoms with Gasteiger partial charge in [0.2, 0.25) is 0 Å². The molecule has 1 aromatic carbocycles. The molecule has 2 aliphatic carbocycles. The topological polar surface area (TPSA) is 35.5 Å². The molecule has 3 nitrogen and oxygen atoms in total. The van der Waals surface area contributed by atoms with Crippen molar-refractivity contribution >= 4 is 5.97 Å². The van der Waals surface area contributed by atoms with Crippen LogP contribution in [0.25, 0.3) is 0 Å². The van der Waals surface area contributed by atoms with Crippen molar-refractivity contribution in [3.8, 4) is 5.75 Å². The molecule has 0 spiro atoms. The van der Waals surface area contributed by atoms with Crippen molar-refractivity contribution in [1.29, 1.82) is 0 Å². The lowest BCUT2D eigenvalue weighted by atomic mass is 9.95. The van der Waals surface area contributed by atoms with Crippen LogP contribution in [0.3, 0.4) is 0 Å². The minimum Gasteiger partial charge on any atom is -0.484 e. The highest BCUT2D eigenvalue weighted by atomic mass is 19.4. The number of rotatable bonds is 5. The van der Waals surface area contributed by atoms with Crippen molar-refractivity contribution in [3.05, 3.63) is 42.0 Å². The van der Waals surface area contributed by atoms with E-state index in [0.29, 0.717) is 29.9 Å². The fourth-order valence-electron chi connectivity index (χ4n) is 3.20. The lowest BCUT2D eigenvalue weighted by Crippen LogP contribution is -2.19. The monoisotopic (exact) mass is 326 g/mol. The molecule has 23 heavy (non-hydrogen) atoms. The SMILES string of the molecule is O=C(OCC1CC2C=CC1C2)c1ccc(OCC(F)(F)F)cc1. The van der Waals surface area contributed by atoms with E-state index in [-0.39, 0.29) is 5.75 Å². The van der Waals surface area contributed by atoms with Gasteiger partial charge in [-0.25, -0.2) is 4.79 Å². The number of halogens is 3. The average Bonchev–Trinajstić information content (AvgIpc) is 3.13. The summed E-state index contributed by atoms with van der Waals surface area (Å²) in [5.41, 5.74) is 0.308. The lowest BCUT2D eigenvalue weighted by Gasteiger charge is -2.17. The third-order valence-electron chi connectivity index (χ3n) is 4.34. The number of hydrogen-bond donors (Lipinski definition) is 0. The van der Waals surface area contributed by atoms with Crippen molar-refractivity contribution in [2.24, 2.45) is 17.8 Å². The summed E-state index contributed by atoms with van der Waals surface area (Å²) in [7, 11) is 0. The number of carbonyl (C=O) groups is 1. The van der Waals surface area contributed by atoms with Gasteiger partial charge >= 0.3 is 12.1 Å². The normalized spacial score (nSPS) is 25.6. The maximum Gasteiger partial charge on any atom is 0.422 e. The van der Waals surface area contributed by atoms with Crippen molar-refractivity contribution in [1.82, 2.24) is 0 Å². The van der Waals surface area contributed by atoms with Crippen molar-refractivity contribution in [2.45, 2.75) is 19.0 Å². The summed E-state index contributed by atoms with van der Waals surface area (Å²) in [5.74, 6) is 1.11. The van der Waals surface area contributed by atoms with E-state index in [4.69, 9.17) is 4.74 Å². The van der Waals surface area contributed by atoms with E-state index >= 15 is 0 Å². The molecule has 124 valence electrons. The van der Waals surface area contributed by atoms with Crippen molar-refractivity contribution < 1.29 is 27.4 Å². The molecule has 2 aliphatic rings. The first-order valence-corrected chi connectivity index (χ1v) is 7.56. The molecule has 0 amide bonds. The highest BCUT2D eigenvalue weighted by molar-refractivity contribution is 5.89. The van der Waals surface area contributed by atoms with Gasteiger partial charge in [-0.2, -0.15) is 13.2 Å². The molecule has 0 aliphatic heterocycles. The van der Waals surface area contributed by atoms with E-state index in [1.54, 1.807) is 0 Å².